The van der Waals surface area contributed by atoms with Gasteiger partial charge in [0.1, 0.15) is 17.2 Å². The molecule has 0 amide bonds. The Kier molecular flexibility index (Phi) is 6.64. The van der Waals surface area contributed by atoms with Gasteiger partial charge in [-0.3, -0.25) is 14.3 Å². The zero-order valence-electron chi connectivity index (χ0n) is 17.4. The fourth-order valence-corrected chi connectivity index (χ4v) is 4.87. The number of H-pyrrole nitrogens is 1. The van der Waals surface area contributed by atoms with Crippen LogP contribution in [0.15, 0.2) is 82.5 Å². The molecule has 1 fully saturated rings. The summed E-state index contributed by atoms with van der Waals surface area (Å²) in [6.45, 7) is -0.695. The van der Waals surface area contributed by atoms with Crippen LogP contribution in [0.25, 0.3) is 0 Å². The lowest BCUT2D eigenvalue weighted by Crippen LogP contribution is -2.45. The van der Waals surface area contributed by atoms with Crippen molar-refractivity contribution < 1.29 is 27.8 Å². The van der Waals surface area contributed by atoms with Crippen LogP contribution in [0.2, 0.25) is 0 Å². The van der Waals surface area contributed by atoms with E-state index in [2.05, 4.69) is 0 Å². The number of benzene rings is 2. The van der Waals surface area contributed by atoms with Gasteiger partial charge in [0.25, 0.3) is 5.56 Å². The lowest BCUT2D eigenvalue weighted by atomic mass is 10.1. The van der Waals surface area contributed by atoms with Crippen molar-refractivity contribution in [1.82, 2.24) is 9.55 Å². The zero-order chi connectivity index (χ0) is 24.3. The van der Waals surface area contributed by atoms with Gasteiger partial charge in [-0.2, -0.15) is 0 Å². The van der Waals surface area contributed by atoms with Crippen molar-refractivity contribution in [2.75, 3.05) is 6.61 Å². The van der Waals surface area contributed by atoms with Crippen LogP contribution >= 0.6 is 11.8 Å². The number of hydrogen-bond acceptors (Lipinski definition) is 7. The monoisotopic (exact) mass is 488 g/mol. The first-order chi connectivity index (χ1) is 16.3. The molecule has 1 N–H and O–H groups in total. The molecule has 1 aliphatic rings. The minimum atomic E-state index is -3.67. The maximum absolute atomic E-state index is 15.5. The van der Waals surface area contributed by atoms with Crippen molar-refractivity contribution in [2.45, 2.75) is 22.7 Å². The summed E-state index contributed by atoms with van der Waals surface area (Å²) in [5.41, 5.74) is -1.41. The second-order valence-corrected chi connectivity index (χ2v) is 8.69. The van der Waals surface area contributed by atoms with Crippen LogP contribution in [-0.4, -0.2) is 45.4 Å². The molecule has 1 aliphatic heterocycles. The Morgan fingerprint density at radius 2 is 1.53 bits per heavy atom. The predicted molar refractivity (Wildman–Crippen MR) is 119 cm³/mol. The number of alkyl halides is 2. The molecule has 0 aliphatic carbocycles. The highest BCUT2D eigenvalue weighted by molar-refractivity contribution is 8.00. The number of rotatable bonds is 6. The smallest absolute Gasteiger partial charge is 0.338 e. The lowest BCUT2D eigenvalue weighted by molar-refractivity contribution is -0.117. The van der Waals surface area contributed by atoms with Crippen LogP contribution < -0.4 is 11.2 Å². The second kappa shape index (κ2) is 9.64. The van der Waals surface area contributed by atoms with E-state index in [9.17, 15) is 19.2 Å². The van der Waals surface area contributed by atoms with E-state index in [1.165, 1.54) is 24.3 Å². The molecule has 1 saturated heterocycles. The topological polar surface area (TPSA) is 107 Å². The average molecular weight is 488 g/mol. The van der Waals surface area contributed by atoms with Crippen LogP contribution in [0.3, 0.4) is 0 Å². The molecule has 1 aromatic heterocycles. The van der Waals surface area contributed by atoms with Gasteiger partial charge in [0.15, 0.2) is 6.10 Å². The first-order valence-corrected chi connectivity index (χ1v) is 11.0. The summed E-state index contributed by atoms with van der Waals surface area (Å²) >= 11 is 0.610. The maximum Gasteiger partial charge on any atom is 0.338 e. The summed E-state index contributed by atoms with van der Waals surface area (Å²) < 4.78 is 42.1. The summed E-state index contributed by atoms with van der Waals surface area (Å²) in [6.07, 6.45) is -1.02. The van der Waals surface area contributed by atoms with Gasteiger partial charge < -0.3 is 9.47 Å². The van der Waals surface area contributed by atoms with Gasteiger partial charge in [0.05, 0.1) is 11.1 Å². The second-order valence-electron chi connectivity index (χ2n) is 7.36. The van der Waals surface area contributed by atoms with Crippen molar-refractivity contribution in [3.05, 3.63) is 105 Å². The standard InChI is InChI=1S/C23H18F2N2O6S/c24-23(25)16(13-32-20(29)14-7-3-1-4-8-14)34-19(27-12-11-17(28)26-22(27)31)18(23)33-21(30)15-9-5-2-6-10-15/h1-12,16,18-19H,13H2,(H,26,28,31)/t16-,18+,19-/m0/s1. The largest absolute Gasteiger partial charge is 0.461 e. The summed E-state index contributed by atoms with van der Waals surface area (Å²) in [6, 6.07) is 16.4. The van der Waals surface area contributed by atoms with Gasteiger partial charge in [-0.25, -0.2) is 23.2 Å². The maximum atomic E-state index is 15.5. The highest BCUT2D eigenvalue weighted by Crippen LogP contribution is 2.52. The molecule has 2 heterocycles. The number of nitrogens with zero attached hydrogens (tertiary/aromatic N) is 1. The number of halogens is 2. The molecule has 0 unspecified atom stereocenters. The van der Waals surface area contributed by atoms with Gasteiger partial charge in [0, 0.05) is 12.3 Å². The number of aromatic amines is 1. The van der Waals surface area contributed by atoms with E-state index in [4.69, 9.17) is 9.47 Å². The Hall–Kier alpha value is -3.73. The number of esters is 2. The van der Waals surface area contributed by atoms with E-state index in [1.54, 1.807) is 36.4 Å². The molecule has 0 bridgehead atoms. The Morgan fingerprint density at radius 1 is 0.941 bits per heavy atom. The van der Waals surface area contributed by atoms with E-state index >= 15 is 8.78 Å². The van der Waals surface area contributed by atoms with Crippen LogP contribution in [-0.2, 0) is 9.47 Å². The number of carbonyl (C=O) groups excluding carboxylic acids is 2. The Morgan fingerprint density at radius 3 is 2.12 bits per heavy atom. The highest BCUT2D eigenvalue weighted by atomic mass is 32.2. The number of nitrogens with one attached hydrogen (secondary N) is 1. The van der Waals surface area contributed by atoms with Gasteiger partial charge in [-0.1, -0.05) is 36.4 Å². The van der Waals surface area contributed by atoms with E-state index < -0.39 is 52.4 Å². The third-order valence-electron chi connectivity index (χ3n) is 5.12. The highest BCUT2D eigenvalue weighted by Gasteiger charge is 2.61. The molecule has 0 spiro atoms. The van der Waals surface area contributed by atoms with E-state index in [0.717, 1.165) is 16.8 Å². The molecule has 8 nitrogen and oxygen atoms in total. The Bertz CT molecular complexity index is 1300. The van der Waals surface area contributed by atoms with E-state index in [0.29, 0.717) is 11.8 Å². The van der Waals surface area contributed by atoms with E-state index in [1.807, 2.05) is 4.98 Å². The number of hydrogen-bond donors (Lipinski definition) is 1. The zero-order valence-corrected chi connectivity index (χ0v) is 18.2. The predicted octanol–water partition coefficient (Wildman–Crippen LogP) is 2.87. The van der Waals surface area contributed by atoms with Crippen molar-refractivity contribution in [1.29, 1.82) is 0 Å². The van der Waals surface area contributed by atoms with Crippen LogP contribution in [0.5, 0.6) is 0 Å². The minimum Gasteiger partial charge on any atom is -0.461 e. The average Bonchev–Trinajstić information content (AvgIpc) is 3.08. The summed E-state index contributed by atoms with van der Waals surface area (Å²) in [7, 11) is 0. The quantitative estimate of drug-likeness (QED) is 0.532. The van der Waals surface area contributed by atoms with Crippen LogP contribution in [0.1, 0.15) is 26.1 Å². The summed E-state index contributed by atoms with van der Waals surface area (Å²) in [5, 5.41) is -3.01. The molecular weight excluding hydrogens is 470 g/mol. The third-order valence-corrected chi connectivity index (χ3v) is 6.65. The molecule has 176 valence electrons. The first kappa shape index (κ1) is 23.4. The molecule has 4 rings (SSSR count). The number of thioether (sulfide) groups is 1. The molecule has 2 aromatic carbocycles. The molecule has 34 heavy (non-hydrogen) atoms. The van der Waals surface area contributed by atoms with Gasteiger partial charge in [-0.05, 0) is 24.3 Å². The molecule has 11 heteroatoms. The van der Waals surface area contributed by atoms with Gasteiger partial charge >= 0.3 is 23.6 Å². The van der Waals surface area contributed by atoms with E-state index in [-0.39, 0.29) is 11.1 Å². The number of ether oxygens (including phenoxy) is 2. The fraction of sp³-hybridized carbons (Fsp3) is 0.217. The first-order valence-electron chi connectivity index (χ1n) is 10.1. The van der Waals surface area contributed by atoms with Crippen LogP contribution in [0, 0.1) is 0 Å². The SMILES string of the molecule is O=C(OC[C@@H]1S[C@H](n2ccc(=O)[nH]c2=O)[C@@H](OC(=O)c2ccccc2)C1(F)F)c1ccccc1. The Balaban J connectivity index is 1.61. The molecular formula is C23H18F2N2O6S. The van der Waals surface area contributed by atoms with Gasteiger partial charge in [-0.15, -0.1) is 11.8 Å². The van der Waals surface area contributed by atoms with Crippen molar-refractivity contribution >= 4 is 23.7 Å². The van der Waals surface area contributed by atoms with Crippen molar-refractivity contribution in [2.24, 2.45) is 0 Å². The van der Waals surface area contributed by atoms with Crippen molar-refractivity contribution in [3.8, 4) is 0 Å². The van der Waals surface area contributed by atoms with Crippen molar-refractivity contribution in [3.63, 3.8) is 0 Å². The molecule has 0 radical (unpaired) electrons. The fourth-order valence-electron chi connectivity index (χ4n) is 3.40. The molecule has 0 saturated carbocycles. The Labute approximate surface area is 195 Å². The minimum absolute atomic E-state index is 0.0508. The normalized spacial score (nSPS) is 21.1. The number of carbonyl (C=O) groups is 2. The van der Waals surface area contributed by atoms with Gasteiger partial charge in [0.2, 0.25) is 0 Å². The summed E-state index contributed by atoms with van der Waals surface area (Å²) in [5.74, 6) is -5.47. The molecule has 3 atom stereocenters. The molecule has 3 aromatic rings. The number of aromatic nitrogens is 2. The third kappa shape index (κ3) is 4.79. The lowest BCUT2D eigenvalue weighted by Gasteiger charge is -2.25. The van der Waals surface area contributed by atoms with Crippen LogP contribution in [0.4, 0.5) is 8.78 Å². The summed E-state index contributed by atoms with van der Waals surface area (Å²) in [4.78, 5) is 50.6.